The molecule has 0 aromatic carbocycles. The molecule has 0 spiro atoms. The van der Waals surface area contributed by atoms with Gasteiger partial charge in [0.2, 0.25) is 28.2 Å². The summed E-state index contributed by atoms with van der Waals surface area (Å²) in [6, 6.07) is -0.275. The number of allylic oxidation sites excluding steroid dienone is 1. The Kier molecular flexibility index (Phi) is 25.7. The Morgan fingerprint density at radius 3 is 2.29 bits per heavy atom. The van der Waals surface area contributed by atoms with Crippen LogP contribution in [0.15, 0.2) is 22.5 Å². The molecule has 0 radical (unpaired) electrons. The van der Waals surface area contributed by atoms with Crippen LogP contribution in [0.25, 0.3) is 0 Å². The van der Waals surface area contributed by atoms with Crippen LogP contribution in [0.5, 0.6) is 0 Å². The summed E-state index contributed by atoms with van der Waals surface area (Å²) in [6.45, 7) is 13.9. The predicted octanol–water partition coefficient (Wildman–Crippen LogP) is 3.77. The second kappa shape index (κ2) is 26.1. The van der Waals surface area contributed by atoms with E-state index < -0.39 is 16.0 Å². The van der Waals surface area contributed by atoms with Gasteiger partial charge in [0.25, 0.3) is 5.97 Å². The normalized spacial score (nSPS) is 18.1. The standard InChI is InChI=1S/C18H33N3O3.C12H22N2O2S2.C2H4O2.C2H2/c1-3-4-5-6-7-9-15(2)12-20-18(24)16-10-8-11-21(16)17(23)13-19-14-22;1-12(2,3)11(13-4)9-14-7-5-10(6-8-17)18(14,15)16;1-2(3)4;1-2/h14-16H,3-13H2,1-2H3,(H,19,22)(H,20,24);5-6,8,11,13,17H,7,9H2,1-4H3;1H3,(H,3,4);1-2H/b;8-6-;;/t15?,16-;;;/m0.../s1. The van der Waals surface area contributed by atoms with E-state index in [4.69, 9.17) is 9.90 Å². The van der Waals surface area contributed by atoms with Crippen LogP contribution in [-0.2, 0) is 29.2 Å². The molecule has 2 rings (SSSR count). The molecular weight excluding hydrogens is 655 g/mol. The minimum absolute atomic E-state index is 0.00636. The molecule has 4 N–H and O–H groups in total. The Labute approximate surface area is 295 Å². The Morgan fingerprint density at radius 1 is 1.17 bits per heavy atom. The summed E-state index contributed by atoms with van der Waals surface area (Å²) in [7, 11) is -1.48. The summed E-state index contributed by atoms with van der Waals surface area (Å²) in [6.07, 6.45) is 20.7. The monoisotopic (exact) mass is 715 g/mol. The van der Waals surface area contributed by atoms with Gasteiger partial charge in [0.1, 0.15) is 6.04 Å². The number of carbonyl (C=O) groups excluding carboxylic acids is 3. The first-order valence-corrected chi connectivity index (χ1v) is 18.5. The fourth-order valence-electron chi connectivity index (χ4n) is 5.11. The quantitative estimate of drug-likeness (QED) is 0.0698. The van der Waals surface area contributed by atoms with Crippen molar-refractivity contribution >= 4 is 46.8 Å². The lowest BCUT2D eigenvalue weighted by Crippen LogP contribution is -2.48. The van der Waals surface area contributed by atoms with Crippen molar-refractivity contribution < 1.29 is 32.7 Å². The van der Waals surface area contributed by atoms with Gasteiger partial charge in [-0.3, -0.25) is 19.2 Å². The molecule has 3 amide bonds. The van der Waals surface area contributed by atoms with Crippen molar-refractivity contribution in [3.8, 4) is 12.8 Å². The molecule has 14 heteroatoms. The van der Waals surface area contributed by atoms with E-state index in [-0.39, 0.29) is 35.9 Å². The number of nitrogens with zero attached hydrogens (tertiary/aromatic N) is 2. The Morgan fingerprint density at radius 2 is 1.77 bits per heavy atom. The minimum Gasteiger partial charge on any atom is -0.481 e. The van der Waals surface area contributed by atoms with Crippen LogP contribution in [0.2, 0.25) is 0 Å². The number of likely N-dealkylation sites (tertiary alicyclic amines) is 1. The predicted molar refractivity (Wildman–Crippen MR) is 197 cm³/mol. The van der Waals surface area contributed by atoms with Crippen LogP contribution in [0.3, 0.4) is 0 Å². The Hall–Kier alpha value is -2.86. The number of carboxylic acids is 1. The number of hydrogen-bond acceptors (Lipinski definition) is 8. The molecule has 0 aromatic rings. The van der Waals surface area contributed by atoms with E-state index in [1.54, 1.807) is 11.0 Å². The molecule has 2 aliphatic heterocycles. The van der Waals surface area contributed by atoms with Gasteiger partial charge in [-0.1, -0.05) is 66.7 Å². The van der Waals surface area contributed by atoms with E-state index >= 15 is 0 Å². The highest BCUT2D eigenvalue weighted by Crippen LogP contribution is 2.26. The SMILES string of the molecule is C#C.CC(=O)O.CCCCCCCC(C)CNC(=O)[C@@H]1CCCN1C(=O)CNC=O.CNC(CN1CC=C(/C=C\S)S1(=O)=O)C(C)(C)C. The molecule has 2 aliphatic rings. The van der Waals surface area contributed by atoms with Crippen LogP contribution in [-0.4, -0.2) is 98.8 Å². The second-order valence-electron chi connectivity index (χ2n) is 12.8. The largest absolute Gasteiger partial charge is 0.481 e. The van der Waals surface area contributed by atoms with Crippen molar-refractivity contribution in [1.82, 2.24) is 25.2 Å². The number of aliphatic carboxylic acids is 1. The number of amides is 3. The van der Waals surface area contributed by atoms with Crippen molar-refractivity contribution in [2.45, 2.75) is 105 Å². The fraction of sp³-hybridized carbons (Fsp3) is 0.706. The lowest BCUT2D eigenvalue weighted by atomic mass is 9.87. The van der Waals surface area contributed by atoms with Crippen LogP contribution in [0.1, 0.15) is 92.9 Å². The lowest BCUT2D eigenvalue weighted by molar-refractivity contribution is -0.138. The van der Waals surface area contributed by atoms with Gasteiger partial charge >= 0.3 is 0 Å². The summed E-state index contributed by atoms with van der Waals surface area (Å²) in [5, 5.41) is 17.4. The topological polar surface area (TPSA) is 165 Å². The highest BCUT2D eigenvalue weighted by molar-refractivity contribution is 7.93. The highest BCUT2D eigenvalue weighted by atomic mass is 32.2. The number of thiol groups is 1. The van der Waals surface area contributed by atoms with Crippen LogP contribution in [0.4, 0.5) is 0 Å². The average Bonchev–Trinajstić information content (AvgIpc) is 3.62. The van der Waals surface area contributed by atoms with E-state index in [9.17, 15) is 22.8 Å². The van der Waals surface area contributed by atoms with Crippen molar-refractivity contribution in [3.63, 3.8) is 0 Å². The molecule has 276 valence electrons. The summed E-state index contributed by atoms with van der Waals surface area (Å²) in [5.74, 6) is -0.633. The number of sulfonamides is 1. The Balaban J connectivity index is 0. The minimum atomic E-state index is -3.34. The van der Waals surface area contributed by atoms with Crippen LogP contribution in [0, 0.1) is 24.2 Å². The molecule has 0 aliphatic carbocycles. The maximum absolute atomic E-state index is 12.4. The van der Waals surface area contributed by atoms with Gasteiger partial charge in [0.15, 0.2) is 0 Å². The summed E-state index contributed by atoms with van der Waals surface area (Å²) >= 11 is 3.92. The lowest BCUT2D eigenvalue weighted by Gasteiger charge is -2.33. The smallest absolute Gasteiger partial charge is 0.300 e. The van der Waals surface area contributed by atoms with Crippen molar-refractivity contribution in [1.29, 1.82) is 0 Å². The number of likely N-dealkylation sites (N-methyl/N-ethyl adjacent to an activating group) is 1. The molecule has 2 unspecified atom stereocenters. The zero-order valence-electron chi connectivity index (χ0n) is 30.0. The third-order valence-corrected chi connectivity index (χ3v) is 9.82. The van der Waals surface area contributed by atoms with E-state index in [1.165, 1.54) is 47.9 Å². The second-order valence-corrected chi connectivity index (χ2v) is 15.0. The first-order chi connectivity index (χ1) is 22.6. The highest BCUT2D eigenvalue weighted by Gasteiger charge is 2.35. The molecule has 1 fully saturated rings. The van der Waals surface area contributed by atoms with Gasteiger partial charge in [-0.25, -0.2) is 8.42 Å². The summed E-state index contributed by atoms with van der Waals surface area (Å²) in [5.41, 5.74) is 0.00636. The van der Waals surface area contributed by atoms with Gasteiger partial charge in [0, 0.05) is 39.1 Å². The number of carbonyl (C=O) groups is 4. The number of carboxylic acid groups (broad SMARTS) is 1. The zero-order chi connectivity index (χ0) is 37.3. The Bertz CT molecular complexity index is 1150. The number of hydrogen-bond donors (Lipinski definition) is 5. The third-order valence-electron chi connectivity index (χ3n) is 7.79. The van der Waals surface area contributed by atoms with Crippen molar-refractivity contribution in [3.05, 3.63) is 22.5 Å². The first kappa shape index (κ1) is 47.3. The van der Waals surface area contributed by atoms with Gasteiger partial charge < -0.3 is 26.0 Å². The molecule has 0 aromatic heterocycles. The number of unbranched alkanes of at least 4 members (excludes halogenated alkanes) is 4. The molecule has 3 atom stereocenters. The van der Waals surface area contributed by atoms with Crippen molar-refractivity contribution in [2.75, 3.05) is 39.8 Å². The van der Waals surface area contributed by atoms with Crippen LogP contribution >= 0.6 is 12.6 Å². The summed E-state index contributed by atoms with van der Waals surface area (Å²) < 4.78 is 25.9. The molecule has 48 heavy (non-hydrogen) atoms. The molecule has 0 saturated carbocycles. The van der Waals surface area contributed by atoms with Crippen LogP contribution < -0.4 is 16.0 Å². The molecular formula is C34H61N5O7S2. The molecule has 12 nitrogen and oxygen atoms in total. The maximum atomic E-state index is 12.4. The number of terminal acetylenes is 1. The van der Waals surface area contributed by atoms with E-state index in [0.717, 1.165) is 19.8 Å². The summed E-state index contributed by atoms with van der Waals surface area (Å²) in [4.78, 5) is 45.6. The van der Waals surface area contributed by atoms with Crippen molar-refractivity contribution in [2.24, 2.45) is 11.3 Å². The van der Waals surface area contributed by atoms with Gasteiger partial charge in [-0.15, -0.1) is 12.8 Å². The number of nitrogens with one attached hydrogen (secondary N) is 3. The van der Waals surface area contributed by atoms with Gasteiger partial charge in [0.05, 0.1) is 11.4 Å². The molecule has 1 saturated heterocycles. The van der Waals surface area contributed by atoms with E-state index in [0.29, 0.717) is 49.8 Å². The molecule has 2 heterocycles. The number of rotatable bonds is 16. The van der Waals surface area contributed by atoms with E-state index in [2.05, 4.69) is 76.0 Å². The fourth-order valence-corrected chi connectivity index (χ4v) is 6.81. The molecule has 0 bridgehead atoms. The third kappa shape index (κ3) is 19.2. The first-order valence-electron chi connectivity index (χ1n) is 16.5. The van der Waals surface area contributed by atoms with E-state index in [1.807, 2.05) is 7.05 Å². The average molecular weight is 716 g/mol. The van der Waals surface area contributed by atoms with Gasteiger partial charge in [-0.05, 0) is 55.2 Å². The zero-order valence-corrected chi connectivity index (χ0v) is 31.7. The maximum Gasteiger partial charge on any atom is 0.300 e. The van der Waals surface area contributed by atoms with Gasteiger partial charge in [-0.2, -0.15) is 16.9 Å².